The Kier molecular flexibility index (Phi) is 5.05. The fraction of sp³-hybridized carbons (Fsp3) is 0.400. The third-order valence-corrected chi connectivity index (χ3v) is 3.69. The third kappa shape index (κ3) is 4.30. The molecule has 0 radical (unpaired) electrons. The molecule has 8 heteroatoms. The van der Waals surface area contributed by atoms with E-state index in [-0.39, 0.29) is 13.0 Å². The molecule has 0 aliphatic carbocycles. The van der Waals surface area contributed by atoms with Gasteiger partial charge in [-0.25, -0.2) is 0 Å². The van der Waals surface area contributed by atoms with Gasteiger partial charge in [-0.3, -0.25) is 14.5 Å². The van der Waals surface area contributed by atoms with Gasteiger partial charge in [-0.15, -0.1) is 0 Å². The van der Waals surface area contributed by atoms with E-state index < -0.39 is 16.2 Å². The zero-order chi connectivity index (χ0) is 13.6. The Morgan fingerprint density at radius 3 is 2.61 bits per heavy atom. The summed E-state index contributed by atoms with van der Waals surface area (Å²) in [5.74, 6) is -0.457. The Balaban J connectivity index is 2.61. The third-order valence-electron chi connectivity index (χ3n) is 2.20. The van der Waals surface area contributed by atoms with Crippen molar-refractivity contribution in [2.24, 2.45) is 0 Å². The monoisotopic (exact) mass is 273 g/mol. The summed E-state index contributed by atoms with van der Waals surface area (Å²) in [6.45, 7) is 0.0487. The maximum atomic E-state index is 11.8. The number of rotatable bonds is 6. The highest BCUT2D eigenvalue weighted by molar-refractivity contribution is 7.90. The molecule has 1 heterocycles. The molecular weight excluding hydrogens is 258 g/mol. The maximum absolute atomic E-state index is 11.8. The fourth-order valence-corrected chi connectivity index (χ4v) is 2.04. The second-order valence-corrected chi connectivity index (χ2v) is 5.27. The molecule has 100 valence electrons. The van der Waals surface area contributed by atoms with E-state index >= 15 is 0 Å². The Morgan fingerprint density at radius 1 is 1.44 bits per heavy atom. The number of esters is 1. The van der Waals surface area contributed by atoms with Crippen LogP contribution in [-0.4, -0.2) is 44.4 Å². The lowest BCUT2D eigenvalue weighted by atomic mass is 10.4. The van der Waals surface area contributed by atoms with E-state index in [4.69, 9.17) is 0 Å². The number of carbonyl (C=O) groups excluding carboxylic acids is 1. The number of methoxy groups -OCH3 is 1. The zero-order valence-corrected chi connectivity index (χ0v) is 11.0. The molecule has 0 fully saturated rings. The highest BCUT2D eigenvalue weighted by Gasteiger charge is 2.18. The Bertz CT molecular complexity index is 489. The minimum absolute atomic E-state index is 0.00422. The lowest BCUT2D eigenvalue weighted by Crippen LogP contribution is -2.34. The van der Waals surface area contributed by atoms with Gasteiger partial charge in [0.1, 0.15) is 0 Å². The average molecular weight is 273 g/mol. The number of aromatic nitrogens is 1. The van der Waals surface area contributed by atoms with Crippen molar-refractivity contribution in [1.29, 1.82) is 0 Å². The summed E-state index contributed by atoms with van der Waals surface area (Å²) in [5, 5.41) is 0. The molecule has 0 spiro atoms. The molecule has 1 rings (SSSR count). The van der Waals surface area contributed by atoms with Crippen LogP contribution >= 0.6 is 0 Å². The van der Waals surface area contributed by atoms with Crippen molar-refractivity contribution in [2.75, 3.05) is 25.4 Å². The molecule has 1 aromatic heterocycles. The molecule has 0 unspecified atom stereocenters. The second-order valence-electron chi connectivity index (χ2n) is 3.49. The molecule has 0 amide bonds. The van der Waals surface area contributed by atoms with Gasteiger partial charge in [0.05, 0.1) is 19.2 Å². The topological polar surface area (TPSA) is 88.6 Å². The van der Waals surface area contributed by atoms with Gasteiger partial charge in [-0.2, -0.15) is 12.7 Å². The van der Waals surface area contributed by atoms with Crippen molar-refractivity contribution in [1.82, 2.24) is 9.29 Å². The molecule has 0 aliphatic heterocycles. The van der Waals surface area contributed by atoms with Gasteiger partial charge in [0, 0.05) is 26.0 Å². The van der Waals surface area contributed by atoms with Gasteiger partial charge in [-0.1, -0.05) is 0 Å². The molecule has 0 saturated heterocycles. The molecule has 0 aliphatic rings. The van der Waals surface area contributed by atoms with Gasteiger partial charge < -0.3 is 4.74 Å². The van der Waals surface area contributed by atoms with Crippen LogP contribution in [0.1, 0.15) is 6.42 Å². The first kappa shape index (κ1) is 14.4. The van der Waals surface area contributed by atoms with Crippen molar-refractivity contribution < 1.29 is 17.9 Å². The van der Waals surface area contributed by atoms with E-state index in [0.717, 1.165) is 4.31 Å². The largest absolute Gasteiger partial charge is 0.469 e. The normalized spacial score (nSPS) is 11.3. The zero-order valence-electron chi connectivity index (χ0n) is 10.2. The van der Waals surface area contributed by atoms with E-state index in [9.17, 15) is 13.2 Å². The SMILES string of the molecule is COC(=O)CCN(C)S(=O)(=O)Nc1ccncc1. The minimum Gasteiger partial charge on any atom is -0.469 e. The first-order valence-corrected chi connectivity index (χ1v) is 6.60. The number of anilines is 1. The Labute approximate surface area is 106 Å². The summed E-state index contributed by atoms with van der Waals surface area (Å²) in [4.78, 5) is 14.7. The standard InChI is InChI=1S/C10H15N3O4S/c1-13(8-5-10(14)17-2)18(15,16)12-9-3-6-11-7-4-9/h3-4,6-7H,5,8H2,1-2H3,(H,11,12). The van der Waals surface area contributed by atoms with Crippen LogP contribution in [0.3, 0.4) is 0 Å². The van der Waals surface area contributed by atoms with E-state index in [1.54, 1.807) is 0 Å². The van der Waals surface area contributed by atoms with Crippen LogP contribution in [0.15, 0.2) is 24.5 Å². The summed E-state index contributed by atoms with van der Waals surface area (Å²) >= 11 is 0. The molecule has 1 N–H and O–H groups in total. The van der Waals surface area contributed by atoms with E-state index in [1.807, 2.05) is 0 Å². The van der Waals surface area contributed by atoms with Crippen molar-refractivity contribution in [3.8, 4) is 0 Å². The van der Waals surface area contributed by atoms with Gasteiger partial charge in [0.2, 0.25) is 0 Å². The van der Waals surface area contributed by atoms with Crippen LogP contribution in [0, 0.1) is 0 Å². The van der Waals surface area contributed by atoms with Crippen LogP contribution in [0.5, 0.6) is 0 Å². The molecule has 7 nitrogen and oxygen atoms in total. The molecule has 0 saturated carbocycles. The van der Waals surface area contributed by atoms with Crippen LogP contribution in [0.4, 0.5) is 5.69 Å². The van der Waals surface area contributed by atoms with Crippen molar-refractivity contribution in [3.05, 3.63) is 24.5 Å². The molecular formula is C10H15N3O4S. The number of ether oxygens (including phenoxy) is 1. The summed E-state index contributed by atoms with van der Waals surface area (Å²) in [5.41, 5.74) is 0.412. The fourth-order valence-electron chi connectivity index (χ4n) is 1.12. The quantitative estimate of drug-likeness (QED) is 0.750. The number of carbonyl (C=O) groups is 1. The Morgan fingerprint density at radius 2 is 2.06 bits per heavy atom. The van der Waals surface area contributed by atoms with E-state index in [0.29, 0.717) is 5.69 Å². The van der Waals surface area contributed by atoms with Crippen LogP contribution in [0.2, 0.25) is 0 Å². The molecule has 0 aromatic carbocycles. The predicted octanol–water partition coefficient (Wildman–Crippen LogP) is 0.233. The average Bonchev–Trinajstić information content (AvgIpc) is 2.36. The maximum Gasteiger partial charge on any atom is 0.306 e. The predicted molar refractivity (Wildman–Crippen MR) is 66.0 cm³/mol. The molecule has 18 heavy (non-hydrogen) atoms. The summed E-state index contributed by atoms with van der Waals surface area (Å²) in [6, 6.07) is 3.07. The van der Waals surface area contributed by atoms with Crippen LogP contribution in [0.25, 0.3) is 0 Å². The van der Waals surface area contributed by atoms with Crippen molar-refractivity contribution in [2.45, 2.75) is 6.42 Å². The van der Waals surface area contributed by atoms with Gasteiger partial charge in [-0.05, 0) is 12.1 Å². The number of pyridine rings is 1. The van der Waals surface area contributed by atoms with Crippen LogP contribution < -0.4 is 4.72 Å². The molecule has 1 aromatic rings. The summed E-state index contributed by atoms with van der Waals surface area (Å²) in [7, 11) is -1.03. The van der Waals surface area contributed by atoms with E-state index in [1.165, 1.54) is 38.7 Å². The number of nitrogens with zero attached hydrogens (tertiary/aromatic N) is 2. The van der Waals surface area contributed by atoms with Crippen molar-refractivity contribution in [3.63, 3.8) is 0 Å². The van der Waals surface area contributed by atoms with Crippen LogP contribution in [-0.2, 0) is 19.7 Å². The van der Waals surface area contributed by atoms with Crippen molar-refractivity contribution >= 4 is 21.9 Å². The van der Waals surface area contributed by atoms with Gasteiger partial charge in [0.25, 0.3) is 0 Å². The first-order valence-electron chi connectivity index (χ1n) is 5.16. The molecule has 0 atom stereocenters. The van der Waals surface area contributed by atoms with E-state index in [2.05, 4.69) is 14.4 Å². The number of nitrogens with one attached hydrogen (secondary N) is 1. The number of hydrogen-bond donors (Lipinski definition) is 1. The summed E-state index contributed by atoms with van der Waals surface area (Å²) < 4.78 is 31.5. The number of hydrogen-bond acceptors (Lipinski definition) is 5. The second kappa shape index (κ2) is 6.31. The smallest absolute Gasteiger partial charge is 0.306 e. The minimum atomic E-state index is -3.67. The lowest BCUT2D eigenvalue weighted by Gasteiger charge is -2.17. The van der Waals surface area contributed by atoms with Gasteiger partial charge >= 0.3 is 16.2 Å². The Hall–Kier alpha value is -1.67. The molecule has 0 bridgehead atoms. The first-order chi connectivity index (χ1) is 8.45. The van der Waals surface area contributed by atoms with Gasteiger partial charge in [0.15, 0.2) is 0 Å². The summed E-state index contributed by atoms with van der Waals surface area (Å²) in [6.07, 6.45) is 2.96. The highest BCUT2D eigenvalue weighted by Crippen LogP contribution is 2.09. The highest BCUT2D eigenvalue weighted by atomic mass is 32.2. The lowest BCUT2D eigenvalue weighted by molar-refractivity contribution is -0.140.